The number of alkyl halides is 3. The van der Waals surface area contributed by atoms with Crippen LogP contribution in [0.3, 0.4) is 0 Å². The minimum Gasteiger partial charge on any atom is -0.166 e. The normalized spacial score (nSPS) is 14.2. The Morgan fingerprint density at radius 3 is 1.66 bits per heavy atom. The van der Waals surface area contributed by atoms with Gasteiger partial charge in [-0.15, -0.1) is 0 Å². The Hall–Kier alpha value is -7.75. The predicted octanol–water partition coefficient (Wildman–Crippen LogP) is 17.8. The van der Waals surface area contributed by atoms with Crippen molar-refractivity contribution in [1.82, 2.24) is 0 Å². The molecule has 9 aromatic carbocycles. The average molecular weight is 829 g/mol. The van der Waals surface area contributed by atoms with Crippen LogP contribution in [0, 0.1) is 0 Å². The van der Waals surface area contributed by atoms with E-state index in [1.165, 1.54) is 28.5 Å². The lowest BCUT2D eigenvalue weighted by atomic mass is 9.82. The first kappa shape index (κ1) is 38.0. The van der Waals surface area contributed by atoms with Crippen LogP contribution in [0.4, 0.5) is 13.2 Å². The Morgan fingerprint density at radius 1 is 0.531 bits per heavy atom. The maximum Gasteiger partial charge on any atom is 0.416 e. The second kappa shape index (κ2) is 13.9. The van der Waals surface area contributed by atoms with Gasteiger partial charge >= 0.3 is 6.18 Å². The third kappa shape index (κ3) is 5.25. The van der Waals surface area contributed by atoms with Crippen molar-refractivity contribution in [2.24, 2.45) is 0 Å². The molecule has 0 amide bonds. The number of benzene rings is 9. The first-order valence-electron chi connectivity index (χ1n) is 21.7. The molecule has 304 valence electrons. The van der Waals surface area contributed by atoms with Crippen molar-refractivity contribution < 1.29 is 13.2 Å². The molecule has 0 aliphatic heterocycles. The van der Waals surface area contributed by atoms with E-state index in [0.29, 0.717) is 5.56 Å². The zero-order chi connectivity index (χ0) is 43.6. The Morgan fingerprint density at radius 2 is 1.08 bits per heavy atom. The number of fused-ring (bicyclic) bond motifs is 6. The Kier molecular flexibility index (Phi) is 8.23. The summed E-state index contributed by atoms with van der Waals surface area (Å²) >= 11 is 0. The predicted molar refractivity (Wildman–Crippen MR) is 265 cm³/mol. The highest BCUT2D eigenvalue weighted by atomic mass is 19.4. The summed E-state index contributed by atoms with van der Waals surface area (Å²) in [6.45, 7) is 17.7. The van der Waals surface area contributed by atoms with Gasteiger partial charge in [0.25, 0.3) is 0 Å². The molecule has 3 aliphatic rings. The first-order chi connectivity index (χ1) is 31.2. The molecule has 0 spiro atoms. The summed E-state index contributed by atoms with van der Waals surface area (Å²) in [5, 5.41) is 11.1. The molecule has 0 fully saturated rings. The lowest BCUT2D eigenvalue weighted by molar-refractivity contribution is -0.137. The van der Waals surface area contributed by atoms with Crippen molar-refractivity contribution in [3.63, 3.8) is 0 Å². The van der Waals surface area contributed by atoms with E-state index in [1.807, 2.05) is 36.4 Å². The van der Waals surface area contributed by atoms with Gasteiger partial charge in [0.05, 0.1) is 5.56 Å². The van der Waals surface area contributed by atoms with Crippen LogP contribution in [0.25, 0.3) is 110 Å². The zero-order valence-electron chi connectivity index (χ0n) is 35.0. The molecule has 3 heteroatoms. The molecule has 0 N–H and O–H groups in total. The highest BCUT2D eigenvalue weighted by Crippen LogP contribution is 2.61. The van der Waals surface area contributed by atoms with Crippen LogP contribution in [0.15, 0.2) is 212 Å². The number of hydrogen-bond acceptors (Lipinski definition) is 0. The van der Waals surface area contributed by atoms with Gasteiger partial charge in [-0.05, 0) is 168 Å². The molecule has 0 unspecified atom stereocenters. The largest absolute Gasteiger partial charge is 0.416 e. The molecule has 0 bridgehead atoms. The van der Waals surface area contributed by atoms with Gasteiger partial charge < -0.3 is 0 Å². The fourth-order valence-corrected chi connectivity index (χ4v) is 11.1. The van der Waals surface area contributed by atoms with Crippen molar-refractivity contribution in [3.05, 3.63) is 229 Å². The van der Waals surface area contributed by atoms with E-state index in [1.54, 1.807) is 6.08 Å². The quantitative estimate of drug-likeness (QED) is 0.0813. The van der Waals surface area contributed by atoms with Crippen molar-refractivity contribution in [2.75, 3.05) is 0 Å². The smallest absolute Gasteiger partial charge is 0.166 e. The van der Waals surface area contributed by atoms with Crippen molar-refractivity contribution in [2.45, 2.75) is 19.0 Å². The summed E-state index contributed by atoms with van der Waals surface area (Å²) in [7, 11) is 0. The molecule has 64 heavy (non-hydrogen) atoms. The molecule has 9 aromatic rings. The Bertz CT molecular complexity index is 3730. The minimum atomic E-state index is -4.49. The second-order valence-corrected chi connectivity index (χ2v) is 17.1. The second-order valence-electron chi connectivity index (χ2n) is 17.1. The molecule has 0 atom stereocenters. The molecular weight excluding hydrogens is 790 g/mol. The molecule has 0 saturated heterocycles. The van der Waals surface area contributed by atoms with E-state index in [-0.39, 0.29) is 0 Å². The number of allylic oxidation sites excluding steroid dienone is 12. The first-order valence-corrected chi connectivity index (χ1v) is 21.7. The molecule has 0 nitrogen and oxygen atoms in total. The van der Waals surface area contributed by atoms with E-state index in [4.69, 9.17) is 6.58 Å². The van der Waals surface area contributed by atoms with Gasteiger partial charge in [0.2, 0.25) is 0 Å². The Balaban J connectivity index is 1.17. The average Bonchev–Trinajstić information content (AvgIpc) is 3.85. The van der Waals surface area contributed by atoms with E-state index >= 15 is 0 Å². The number of rotatable bonds is 8. The van der Waals surface area contributed by atoms with Crippen LogP contribution in [0.5, 0.6) is 0 Å². The van der Waals surface area contributed by atoms with Gasteiger partial charge in [0.15, 0.2) is 0 Å². The summed E-state index contributed by atoms with van der Waals surface area (Å²) in [6.07, 6.45) is 9.51. The third-order valence-corrected chi connectivity index (χ3v) is 13.8. The SMILES string of the molecule is C=C/C=C\C(=C)C(=C)C1=C(C(=C)C2=CC=CCC2)c2ccc3c4ccc5c6c(ccc(c7ccc1c2c73)c64)-c1c-5c(-c2ccccc2)c2ccccc2c1-c1cccc(C(F)(F)F)c1. The summed E-state index contributed by atoms with van der Waals surface area (Å²) in [5.41, 5.74) is 15.2. The molecule has 0 heterocycles. The van der Waals surface area contributed by atoms with Crippen molar-refractivity contribution in [3.8, 4) is 44.5 Å². The highest BCUT2D eigenvalue weighted by Gasteiger charge is 2.36. The highest BCUT2D eigenvalue weighted by molar-refractivity contribution is 6.41. The summed E-state index contributed by atoms with van der Waals surface area (Å²) in [4.78, 5) is 0. The van der Waals surface area contributed by atoms with Crippen LogP contribution < -0.4 is 0 Å². The Labute approximate surface area is 369 Å². The van der Waals surface area contributed by atoms with E-state index < -0.39 is 11.7 Å². The van der Waals surface area contributed by atoms with E-state index in [9.17, 15) is 13.2 Å². The molecule has 0 saturated carbocycles. The fraction of sp³-hybridized carbons (Fsp3) is 0.0492. The van der Waals surface area contributed by atoms with Crippen LogP contribution in [0.1, 0.15) is 29.5 Å². The van der Waals surface area contributed by atoms with Gasteiger partial charge in [0, 0.05) is 0 Å². The topological polar surface area (TPSA) is 0 Å². The molecule has 12 rings (SSSR count). The monoisotopic (exact) mass is 828 g/mol. The van der Waals surface area contributed by atoms with E-state index in [2.05, 4.69) is 123 Å². The molecule has 3 aliphatic carbocycles. The summed E-state index contributed by atoms with van der Waals surface area (Å²) in [5.74, 6) is 0. The van der Waals surface area contributed by atoms with Crippen molar-refractivity contribution >= 4 is 65.0 Å². The molecule has 0 aromatic heterocycles. The van der Waals surface area contributed by atoms with Gasteiger partial charge in [-0.2, -0.15) is 13.2 Å². The van der Waals surface area contributed by atoms with Gasteiger partial charge in [-0.3, -0.25) is 0 Å². The van der Waals surface area contributed by atoms with Crippen LogP contribution in [-0.2, 0) is 6.18 Å². The maximum atomic E-state index is 14.4. The molecular formula is C61H39F3. The lowest BCUT2D eigenvalue weighted by Crippen LogP contribution is -2.04. The lowest BCUT2D eigenvalue weighted by Gasteiger charge is -2.21. The number of hydrogen-bond donors (Lipinski definition) is 0. The van der Waals surface area contributed by atoms with Gasteiger partial charge in [0.1, 0.15) is 0 Å². The number of halogens is 3. The van der Waals surface area contributed by atoms with Crippen LogP contribution >= 0.6 is 0 Å². The third-order valence-electron chi connectivity index (χ3n) is 13.8. The maximum absolute atomic E-state index is 14.4. The fourth-order valence-electron chi connectivity index (χ4n) is 11.1. The summed E-state index contributed by atoms with van der Waals surface area (Å²) < 4.78 is 43.3. The minimum absolute atomic E-state index is 0.540. The standard InChI is InChI=1S/C61H39F3/c1-5-6-16-34(2)35(3)51-47-29-25-43-46-28-32-50-58-49(31-27-45(56(46)58)44-26-30-48(57(47)55(43)44)52(51)36(4)37-17-9-7-10-18-37)59-53(38-19-11-8-12-20-38)41-23-13-14-24-42(41)54(60(50)59)39-21-15-22-40(33-39)61(62,63)64/h5-9,11-17,19-33H,1-4,10,18H2/b16-6-. The zero-order valence-corrected chi connectivity index (χ0v) is 35.0. The van der Waals surface area contributed by atoms with Gasteiger partial charge in [-0.25, -0.2) is 0 Å². The van der Waals surface area contributed by atoms with Gasteiger partial charge in [-0.1, -0.05) is 178 Å². The molecule has 0 radical (unpaired) electrons. The van der Waals surface area contributed by atoms with Crippen LogP contribution in [0.2, 0.25) is 0 Å². The van der Waals surface area contributed by atoms with Crippen molar-refractivity contribution in [1.29, 1.82) is 0 Å². The van der Waals surface area contributed by atoms with Crippen LogP contribution in [-0.4, -0.2) is 0 Å². The van der Waals surface area contributed by atoms with E-state index in [0.717, 1.165) is 140 Å². The summed E-state index contributed by atoms with van der Waals surface area (Å²) in [6, 6.07) is 42.4.